The third-order valence-electron chi connectivity index (χ3n) is 2.49. The average Bonchev–Trinajstić information content (AvgIpc) is 2.48. The summed E-state index contributed by atoms with van der Waals surface area (Å²) < 4.78 is 0. The number of primary amides is 1. The maximum atomic E-state index is 11.4. The monoisotopic (exact) mass is 224 g/mol. The van der Waals surface area contributed by atoms with Gasteiger partial charge in [-0.1, -0.05) is 13.8 Å². The predicted molar refractivity (Wildman–Crippen MR) is 62.8 cm³/mol. The van der Waals surface area contributed by atoms with E-state index in [1.54, 1.807) is 0 Å². The summed E-state index contributed by atoms with van der Waals surface area (Å²) in [5.41, 5.74) is 7.98. The van der Waals surface area contributed by atoms with Crippen molar-refractivity contribution in [3.05, 3.63) is 17.0 Å². The second kappa shape index (κ2) is 5.12. The van der Waals surface area contributed by atoms with Crippen LogP contribution in [0.1, 0.15) is 36.8 Å². The molecule has 0 aliphatic rings. The summed E-state index contributed by atoms with van der Waals surface area (Å²) >= 11 is 0. The Morgan fingerprint density at radius 3 is 2.50 bits per heavy atom. The molecule has 90 valence electrons. The number of carbonyl (C=O) groups is 1. The van der Waals surface area contributed by atoms with E-state index in [2.05, 4.69) is 29.4 Å². The minimum Gasteiger partial charge on any atom is -0.368 e. The smallest absolute Gasteiger partial charge is 0.239 e. The van der Waals surface area contributed by atoms with Crippen LogP contribution in [0.4, 0.5) is 0 Å². The number of carbonyl (C=O) groups excluding carboxylic acids is 1. The largest absolute Gasteiger partial charge is 0.368 e. The summed E-state index contributed by atoms with van der Waals surface area (Å²) in [6.07, 6.45) is 0. The average molecular weight is 224 g/mol. The second-order valence-corrected chi connectivity index (χ2v) is 4.49. The van der Waals surface area contributed by atoms with Crippen LogP contribution in [0.5, 0.6) is 0 Å². The van der Waals surface area contributed by atoms with Crippen LogP contribution < -0.4 is 11.1 Å². The fourth-order valence-electron chi connectivity index (χ4n) is 1.68. The van der Waals surface area contributed by atoms with E-state index in [0.717, 1.165) is 23.5 Å². The van der Waals surface area contributed by atoms with Gasteiger partial charge >= 0.3 is 0 Å². The van der Waals surface area contributed by atoms with Crippen molar-refractivity contribution in [1.82, 2.24) is 15.5 Å². The highest BCUT2D eigenvalue weighted by Crippen LogP contribution is 2.19. The van der Waals surface area contributed by atoms with Gasteiger partial charge in [-0.3, -0.25) is 9.89 Å². The van der Waals surface area contributed by atoms with Crippen molar-refractivity contribution >= 4 is 5.91 Å². The number of H-pyrrole nitrogens is 1. The lowest BCUT2D eigenvalue weighted by Gasteiger charge is -2.17. The minimum atomic E-state index is -0.457. The van der Waals surface area contributed by atoms with E-state index in [0.29, 0.717) is 5.92 Å². The van der Waals surface area contributed by atoms with Gasteiger partial charge in [-0.2, -0.15) is 5.10 Å². The van der Waals surface area contributed by atoms with Gasteiger partial charge in [0.25, 0.3) is 0 Å². The molecule has 0 aromatic carbocycles. The van der Waals surface area contributed by atoms with Gasteiger partial charge in [0.05, 0.1) is 5.69 Å². The van der Waals surface area contributed by atoms with Crippen LogP contribution in [-0.4, -0.2) is 22.6 Å². The molecule has 1 unspecified atom stereocenters. The highest BCUT2D eigenvalue weighted by molar-refractivity contribution is 5.82. The summed E-state index contributed by atoms with van der Waals surface area (Å²) in [4.78, 5) is 11.4. The Kier molecular flexibility index (Phi) is 4.06. The maximum Gasteiger partial charge on any atom is 0.239 e. The third kappa shape index (κ3) is 2.82. The second-order valence-electron chi connectivity index (χ2n) is 4.49. The quantitative estimate of drug-likeness (QED) is 0.691. The number of aromatic nitrogens is 2. The van der Waals surface area contributed by atoms with E-state index in [4.69, 9.17) is 5.73 Å². The van der Waals surface area contributed by atoms with E-state index >= 15 is 0 Å². The number of rotatable bonds is 5. The van der Waals surface area contributed by atoms with Crippen LogP contribution in [0.15, 0.2) is 0 Å². The van der Waals surface area contributed by atoms with Crippen LogP contribution in [0.3, 0.4) is 0 Å². The van der Waals surface area contributed by atoms with Crippen molar-refractivity contribution in [3.63, 3.8) is 0 Å². The van der Waals surface area contributed by atoms with Crippen LogP contribution in [0.2, 0.25) is 0 Å². The highest BCUT2D eigenvalue weighted by atomic mass is 16.1. The first kappa shape index (κ1) is 12.7. The van der Waals surface area contributed by atoms with Crippen LogP contribution in [-0.2, 0) is 4.79 Å². The van der Waals surface area contributed by atoms with Gasteiger partial charge in [0.1, 0.15) is 6.04 Å². The van der Waals surface area contributed by atoms with Gasteiger partial charge in [-0.15, -0.1) is 0 Å². The molecular weight excluding hydrogens is 204 g/mol. The lowest BCUT2D eigenvalue weighted by atomic mass is 10.0. The molecule has 1 heterocycles. The van der Waals surface area contributed by atoms with Crippen molar-refractivity contribution in [2.24, 2.45) is 11.7 Å². The molecule has 1 rings (SSSR count). The number of nitrogens with one attached hydrogen (secondary N) is 2. The van der Waals surface area contributed by atoms with E-state index in [-0.39, 0.29) is 5.91 Å². The summed E-state index contributed by atoms with van der Waals surface area (Å²) in [5.74, 6) is 0.0996. The first-order valence-electron chi connectivity index (χ1n) is 5.47. The van der Waals surface area contributed by atoms with E-state index in [1.165, 1.54) is 0 Å². The molecule has 0 fully saturated rings. The van der Waals surface area contributed by atoms with Crippen molar-refractivity contribution in [2.45, 2.75) is 33.7 Å². The van der Waals surface area contributed by atoms with Crippen molar-refractivity contribution < 1.29 is 4.79 Å². The number of nitrogens with zero attached hydrogens (tertiary/aromatic N) is 1. The van der Waals surface area contributed by atoms with E-state index in [1.807, 2.05) is 13.8 Å². The number of aromatic amines is 1. The Hall–Kier alpha value is -1.36. The van der Waals surface area contributed by atoms with Gasteiger partial charge in [0, 0.05) is 11.3 Å². The molecule has 0 aliphatic heterocycles. The topological polar surface area (TPSA) is 83.8 Å². The van der Waals surface area contributed by atoms with Gasteiger partial charge < -0.3 is 11.1 Å². The predicted octanol–water partition coefficient (Wildman–Crippen LogP) is 0.799. The zero-order valence-corrected chi connectivity index (χ0v) is 10.3. The van der Waals surface area contributed by atoms with E-state index < -0.39 is 6.04 Å². The van der Waals surface area contributed by atoms with Crippen LogP contribution >= 0.6 is 0 Å². The molecule has 0 spiro atoms. The third-order valence-corrected chi connectivity index (χ3v) is 2.49. The zero-order chi connectivity index (χ0) is 12.3. The molecule has 0 saturated carbocycles. The first-order chi connectivity index (χ1) is 7.43. The molecule has 1 aromatic rings. The molecule has 5 nitrogen and oxygen atoms in total. The van der Waals surface area contributed by atoms with Gasteiger partial charge in [-0.05, 0) is 26.3 Å². The van der Waals surface area contributed by atoms with Crippen molar-refractivity contribution in [1.29, 1.82) is 0 Å². The van der Waals surface area contributed by atoms with E-state index in [9.17, 15) is 4.79 Å². The molecule has 5 heteroatoms. The normalized spacial score (nSPS) is 13.1. The van der Waals surface area contributed by atoms with Gasteiger partial charge in [-0.25, -0.2) is 0 Å². The Morgan fingerprint density at radius 1 is 1.50 bits per heavy atom. The fraction of sp³-hybridized carbons (Fsp3) is 0.636. The fourth-order valence-corrected chi connectivity index (χ4v) is 1.68. The maximum absolute atomic E-state index is 11.4. The summed E-state index contributed by atoms with van der Waals surface area (Å²) in [7, 11) is 0. The zero-order valence-electron chi connectivity index (χ0n) is 10.3. The standard InChI is InChI=1S/C11H20N4O/c1-6(2)5-13-10(11(12)16)9-7(3)14-15-8(9)4/h6,10,13H,5H2,1-4H3,(H2,12,16)(H,14,15). The molecule has 1 aromatic heterocycles. The van der Waals surface area contributed by atoms with Gasteiger partial charge in [0.15, 0.2) is 0 Å². The molecular formula is C11H20N4O. The molecule has 0 aliphatic carbocycles. The minimum absolute atomic E-state index is 0.367. The summed E-state index contributed by atoms with van der Waals surface area (Å²) in [6.45, 7) is 8.67. The van der Waals surface area contributed by atoms with Crippen LogP contribution in [0.25, 0.3) is 0 Å². The number of hydrogen-bond donors (Lipinski definition) is 3. The SMILES string of the molecule is Cc1n[nH]c(C)c1C(NCC(C)C)C(N)=O. The Labute approximate surface area is 95.8 Å². The van der Waals surface area contributed by atoms with Crippen LogP contribution in [0, 0.1) is 19.8 Å². The number of aryl methyl sites for hydroxylation is 2. The number of nitrogens with two attached hydrogens (primary N) is 1. The molecule has 1 amide bonds. The summed E-state index contributed by atoms with van der Waals surface area (Å²) in [6, 6.07) is -0.457. The number of amides is 1. The lowest BCUT2D eigenvalue weighted by Crippen LogP contribution is -2.36. The summed E-state index contributed by atoms with van der Waals surface area (Å²) in [5, 5.41) is 10.1. The first-order valence-corrected chi connectivity index (χ1v) is 5.47. The molecule has 4 N–H and O–H groups in total. The Bertz CT molecular complexity index is 351. The van der Waals surface area contributed by atoms with Gasteiger partial charge in [0.2, 0.25) is 5.91 Å². The van der Waals surface area contributed by atoms with Crippen molar-refractivity contribution in [2.75, 3.05) is 6.54 Å². The highest BCUT2D eigenvalue weighted by Gasteiger charge is 2.23. The Balaban J connectivity index is 2.90. The molecule has 0 bridgehead atoms. The Morgan fingerprint density at radius 2 is 2.12 bits per heavy atom. The molecule has 1 atom stereocenters. The molecule has 0 radical (unpaired) electrons. The van der Waals surface area contributed by atoms with Crippen molar-refractivity contribution in [3.8, 4) is 0 Å². The lowest BCUT2D eigenvalue weighted by molar-refractivity contribution is -0.120. The molecule has 16 heavy (non-hydrogen) atoms. The molecule has 0 saturated heterocycles. The number of hydrogen-bond acceptors (Lipinski definition) is 3.